The van der Waals surface area contributed by atoms with Crippen molar-refractivity contribution in [3.63, 3.8) is 0 Å². The van der Waals surface area contributed by atoms with E-state index in [4.69, 9.17) is 9.47 Å². The minimum atomic E-state index is -0.376. The third-order valence-corrected chi connectivity index (χ3v) is 4.83. The lowest BCUT2D eigenvalue weighted by Gasteiger charge is -2.33. The zero-order valence-electron chi connectivity index (χ0n) is 12.9. The molecule has 0 saturated heterocycles. The molecular weight excluding hydrogens is 290 g/mol. The van der Waals surface area contributed by atoms with Crippen LogP contribution in [0.15, 0.2) is 0 Å². The number of esters is 1. The molecule has 0 fully saturated rings. The maximum atomic E-state index is 12.3. The summed E-state index contributed by atoms with van der Waals surface area (Å²) in [4.78, 5) is 24.6. The molecule has 1 aliphatic rings. The van der Waals surface area contributed by atoms with Crippen molar-refractivity contribution in [2.75, 3.05) is 11.9 Å². The van der Waals surface area contributed by atoms with Gasteiger partial charge in [0, 0.05) is 18.2 Å². The van der Waals surface area contributed by atoms with Crippen LogP contribution >= 0.6 is 11.3 Å². The van der Waals surface area contributed by atoms with Crippen LogP contribution in [0.5, 0.6) is 0 Å². The molecule has 0 unspecified atom stereocenters. The summed E-state index contributed by atoms with van der Waals surface area (Å²) in [5, 5.41) is 3.30. The van der Waals surface area contributed by atoms with Crippen molar-refractivity contribution in [3.8, 4) is 0 Å². The van der Waals surface area contributed by atoms with Crippen molar-refractivity contribution in [2.45, 2.75) is 52.7 Å². The minimum Gasteiger partial charge on any atom is -0.462 e. The Bertz CT molecular complexity index is 566. The number of hydrogen-bond donors (Lipinski definition) is 1. The van der Waals surface area contributed by atoms with Gasteiger partial charge in [0.15, 0.2) is 0 Å². The highest BCUT2D eigenvalue weighted by atomic mass is 32.1. The van der Waals surface area contributed by atoms with Crippen LogP contribution in [-0.2, 0) is 27.3 Å². The van der Waals surface area contributed by atoms with Gasteiger partial charge in [-0.15, -0.1) is 11.3 Å². The second-order valence-corrected chi connectivity index (χ2v) is 6.48. The van der Waals surface area contributed by atoms with Gasteiger partial charge in [-0.3, -0.25) is 4.79 Å². The van der Waals surface area contributed by atoms with E-state index in [0.29, 0.717) is 30.2 Å². The minimum absolute atomic E-state index is 0.196. The molecule has 1 aromatic heterocycles. The van der Waals surface area contributed by atoms with Gasteiger partial charge >= 0.3 is 5.97 Å². The molecule has 0 aliphatic carbocycles. The van der Waals surface area contributed by atoms with E-state index in [1.54, 1.807) is 6.92 Å². The van der Waals surface area contributed by atoms with E-state index in [-0.39, 0.29) is 17.5 Å². The fourth-order valence-corrected chi connectivity index (χ4v) is 3.54. The molecule has 6 heteroatoms. The van der Waals surface area contributed by atoms with Crippen LogP contribution in [0.25, 0.3) is 0 Å². The Kier molecular flexibility index (Phi) is 4.68. The first-order valence-corrected chi connectivity index (χ1v) is 7.95. The Morgan fingerprint density at radius 3 is 2.71 bits per heavy atom. The third-order valence-electron chi connectivity index (χ3n) is 3.71. The number of anilines is 1. The lowest BCUT2D eigenvalue weighted by atomic mass is 9.89. The molecule has 1 aromatic rings. The summed E-state index contributed by atoms with van der Waals surface area (Å²) in [5.41, 5.74) is 1.18. The van der Waals surface area contributed by atoms with Crippen LogP contribution in [-0.4, -0.2) is 24.1 Å². The molecule has 1 amide bonds. The number of nitrogens with one attached hydrogen (secondary N) is 1. The molecule has 2 heterocycles. The fraction of sp³-hybridized carbons (Fsp3) is 0.600. The predicted molar refractivity (Wildman–Crippen MR) is 81.8 cm³/mol. The molecule has 1 aliphatic heterocycles. The van der Waals surface area contributed by atoms with Crippen LogP contribution in [0.2, 0.25) is 0 Å². The Labute approximate surface area is 128 Å². The van der Waals surface area contributed by atoms with Crippen molar-refractivity contribution in [2.24, 2.45) is 0 Å². The summed E-state index contributed by atoms with van der Waals surface area (Å²) in [5.74, 6) is -0.572. The summed E-state index contributed by atoms with van der Waals surface area (Å²) >= 11 is 1.40. The highest BCUT2D eigenvalue weighted by Gasteiger charge is 2.35. The first kappa shape index (κ1) is 16.0. The SMILES string of the molecule is CCOC(=O)c1c(NC(C)=O)sc2c1C[C@@](C)(CC)OC2. The number of ether oxygens (including phenoxy) is 2. The molecule has 5 nitrogen and oxygen atoms in total. The highest BCUT2D eigenvalue weighted by molar-refractivity contribution is 7.17. The van der Waals surface area contributed by atoms with Gasteiger partial charge in [0.1, 0.15) is 5.00 Å². The molecule has 116 valence electrons. The van der Waals surface area contributed by atoms with E-state index in [1.807, 2.05) is 6.92 Å². The fourth-order valence-electron chi connectivity index (χ4n) is 2.37. The number of amides is 1. The van der Waals surface area contributed by atoms with Gasteiger partial charge < -0.3 is 14.8 Å². The first-order chi connectivity index (χ1) is 9.90. The van der Waals surface area contributed by atoms with Crippen molar-refractivity contribution in [3.05, 3.63) is 16.0 Å². The second kappa shape index (κ2) is 6.15. The standard InChI is InChI=1S/C15H21NO4S/c1-5-15(4)7-10-11(8-20-15)21-13(16-9(3)17)12(10)14(18)19-6-2/h5-8H2,1-4H3,(H,16,17)/t15-/m1/s1. The van der Waals surface area contributed by atoms with E-state index >= 15 is 0 Å². The molecule has 0 spiro atoms. The van der Waals surface area contributed by atoms with E-state index in [0.717, 1.165) is 16.9 Å². The number of rotatable bonds is 4. The maximum Gasteiger partial charge on any atom is 0.341 e. The third kappa shape index (κ3) is 3.27. The molecule has 1 N–H and O–H groups in total. The van der Waals surface area contributed by atoms with E-state index in [9.17, 15) is 9.59 Å². The van der Waals surface area contributed by atoms with E-state index < -0.39 is 0 Å². The van der Waals surface area contributed by atoms with Crippen molar-refractivity contribution in [1.82, 2.24) is 0 Å². The molecular formula is C15H21NO4S. The zero-order chi connectivity index (χ0) is 15.6. The molecule has 2 rings (SSSR count). The Balaban J connectivity index is 2.46. The van der Waals surface area contributed by atoms with Crippen LogP contribution in [0, 0.1) is 0 Å². The quantitative estimate of drug-likeness (QED) is 0.868. The average Bonchev–Trinajstić information content (AvgIpc) is 2.75. The van der Waals surface area contributed by atoms with Gasteiger partial charge in [-0.1, -0.05) is 6.92 Å². The number of carbonyl (C=O) groups excluding carboxylic acids is 2. The Morgan fingerprint density at radius 2 is 2.14 bits per heavy atom. The molecule has 0 bridgehead atoms. The second-order valence-electron chi connectivity index (χ2n) is 5.38. The smallest absolute Gasteiger partial charge is 0.341 e. The monoisotopic (exact) mass is 311 g/mol. The maximum absolute atomic E-state index is 12.3. The number of carbonyl (C=O) groups is 2. The first-order valence-electron chi connectivity index (χ1n) is 7.13. The lowest BCUT2D eigenvalue weighted by molar-refractivity contribution is -0.114. The molecule has 0 saturated carbocycles. The Hall–Kier alpha value is -1.40. The van der Waals surface area contributed by atoms with Gasteiger partial charge in [0.2, 0.25) is 5.91 Å². The van der Waals surface area contributed by atoms with Gasteiger partial charge in [-0.05, 0) is 25.8 Å². The van der Waals surface area contributed by atoms with Gasteiger partial charge in [0.25, 0.3) is 0 Å². The summed E-state index contributed by atoms with van der Waals surface area (Å²) < 4.78 is 11.1. The lowest BCUT2D eigenvalue weighted by Crippen LogP contribution is -2.34. The van der Waals surface area contributed by atoms with Crippen molar-refractivity contribution >= 4 is 28.2 Å². The number of thiophene rings is 1. The summed E-state index contributed by atoms with van der Waals surface area (Å²) in [6.07, 6.45) is 1.52. The summed E-state index contributed by atoms with van der Waals surface area (Å²) in [7, 11) is 0. The topological polar surface area (TPSA) is 64.6 Å². The summed E-state index contributed by atoms with van der Waals surface area (Å²) in [6, 6.07) is 0. The molecule has 1 atom stereocenters. The van der Waals surface area contributed by atoms with Gasteiger partial charge in [-0.25, -0.2) is 4.79 Å². The van der Waals surface area contributed by atoms with Crippen LogP contribution in [0.1, 0.15) is 54.9 Å². The van der Waals surface area contributed by atoms with E-state index in [2.05, 4.69) is 12.2 Å². The molecule has 21 heavy (non-hydrogen) atoms. The predicted octanol–water partition coefficient (Wildman–Crippen LogP) is 3.12. The number of hydrogen-bond acceptors (Lipinski definition) is 5. The number of fused-ring (bicyclic) bond motifs is 1. The zero-order valence-corrected chi connectivity index (χ0v) is 13.7. The normalized spacial score (nSPS) is 20.8. The van der Waals surface area contributed by atoms with Crippen LogP contribution in [0.3, 0.4) is 0 Å². The Morgan fingerprint density at radius 1 is 1.43 bits per heavy atom. The highest BCUT2D eigenvalue weighted by Crippen LogP contribution is 2.41. The van der Waals surface area contributed by atoms with E-state index in [1.165, 1.54) is 18.3 Å². The van der Waals surface area contributed by atoms with Crippen molar-refractivity contribution < 1.29 is 19.1 Å². The van der Waals surface area contributed by atoms with Gasteiger partial charge in [-0.2, -0.15) is 0 Å². The van der Waals surface area contributed by atoms with Gasteiger partial charge in [0.05, 0.1) is 24.4 Å². The van der Waals surface area contributed by atoms with Crippen LogP contribution in [0.4, 0.5) is 5.00 Å². The largest absolute Gasteiger partial charge is 0.462 e. The van der Waals surface area contributed by atoms with Crippen molar-refractivity contribution in [1.29, 1.82) is 0 Å². The molecule has 0 aromatic carbocycles. The average molecular weight is 311 g/mol. The van der Waals surface area contributed by atoms with Crippen LogP contribution < -0.4 is 5.32 Å². The molecule has 0 radical (unpaired) electrons. The summed E-state index contributed by atoms with van der Waals surface area (Å²) in [6.45, 7) is 8.09.